The van der Waals surface area contributed by atoms with E-state index in [1.165, 1.54) is 5.56 Å². The quantitative estimate of drug-likeness (QED) is 0.870. The van der Waals surface area contributed by atoms with Crippen LogP contribution in [0.1, 0.15) is 24.8 Å². The van der Waals surface area contributed by atoms with Crippen molar-refractivity contribution < 1.29 is 19.4 Å². The van der Waals surface area contributed by atoms with Crippen molar-refractivity contribution in [3.05, 3.63) is 29.8 Å². The molecule has 1 aromatic carbocycles. The molecule has 1 saturated heterocycles. The SMILES string of the molecule is COc1ccc(CCCC(=O)N2CC[C@@H](C(=O)O)C2)cc1. The number of carboxylic acid groups (broad SMARTS) is 1. The first-order chi connectivity index (χ1) is 10.1. The Kier molecular flexibility index (Phi) is 5.20. The van der Waals surface area contributed by atoms with Gasteiger partial charge in [0, 0.05) is 19.5 Å². The zero-order valence-corrected chi connectivity index (χ0v) is 12.2. The average molecular weight is 291 g/mol. The second-order valence-corrected chi connectivity index (χ2v) is 5.37. The van der Waals surface area contributed by atoms with Crippen molar-refractivity contribution in [1.82, 2.24) is 4.90 Å². The second-order valence-electron chi connectivity index (χ2n) is 5.37. The topological polar surface area (TPSA) is 66.8 Å². The van der Waals surface area contributed by atoms with Gasteiger partial charge in [-0.3, -0.25) is 9.59 Å². The number of benzene rings is 1. The normalized spacial score (nSPS) is 17.8. The molecule has 1 aliphatic heterocycles. The lowest BCUT2D eigenvalue weighted by atomic mass is 10.1. The van der Waals surface area contributed by atoms with Gasteiger partial charge in [-0.15, -0.1) is 0 Å². The standard InChI is InChI=1S/C16H21NO4/c1-21-14-7-5-12(6-8-14)3-2-4-15(18)17-10-9-13(11-17)16(19)20/h5-8,13H,2-4,9-11H2,1H3,(H,19,20)/t13-/m1/s1. The molecule has 1 aromatic rings. The summed E-state index contributed by atoms with van der Waals surface area (Å²) in [4.78, 5) is 24.6. The van der Waals surface area contributed by atoms with Crippen LogP contribution in [0.5, 0.6) is 5.75 Å². The van der Waals surface area contributed by atoms with Gasteiger partial charge in [-0.25, -0.2) is 0 Å². The van der Waals surface area contributed by atoms with E-state index >= 15 is 0 Å². The highest BCUT2D eigenvalue weighted by Crippen LogP contribution is 2.18. The molecule has 2 rings (SSSR count). The molecule has 0 aliphatic carbocycles. The summed E-state index contributed by atoms with van der Waals surface area (Å²) in [7, 11) is 1.63. The van der Waals surface area contributed by atoms with Crippen molar-refractivity contribution in [3.8, 4) is 5.75 Å². The summed E-state index contributed by atoms with van der Waals surface area (Å²) in [6, 6.07) is 7.82. The summed E-state index contributed by atoms with van der Waals surface area (Å²) in [6.07, 6.45) is 2.66. The predicted molar refractivity (Wildman–Crippen MR) is 78.3 cm³/mol. The van der Waals surface area contributed by atoms with Gasteiger partial charge in [-0.05, 0) is 37.0 Å². The van der Waals surface area contributed by atoms with Crippen LogP contribution in [0.15, 0.2) is 24.3 Å². The Morgan fingerprint density at radius 1 is 1.33 bits per heavy atom. The number of carbonyl (C=O) groups excluding carboxylic acids is 1. The lowest BCUT2D eigenvalue weighted by Gasteiger charge is -2.15. The Morgan fingerprint density at radius 2 is 2.05 bits per heavy atom. The van der Waals surface area contributed by atoms with Gasteiger partial charge in [0.25, 0.3) is 0 Å². The smallest absolute Gasteiger partial charge is 0.308 e. The molecule has 1 N–H and O–H groups in total. The first-order valence-corrected chi connectivity index (χ1v) is 7.23. The molecular formula is C16H21NO4. The van der Waals surface area contributed by atoms with E-state index in [4.69, 9.17) is 9.84 Å². The lowest BCUT2D eigenvalue weighted by Crippen LogP contribution is -2.29. The first-order valence-electron chi connectivity index (χ1n) is 7.23. The van der Waals surface area contributed by atoms with Crippen molar-refractivity contribution in [2.75, 3.05) is 20.2 Å². The molecule has 114 valence electrons. The van der Waals surface area contributed by atoms with Gasteiger partial charge in [-0.1, -0.05) is 12.1 Å². The van der Waals surface area contributed by atoms with Gasteiger partial charge in [-0.2, -0.15) is 0 Å². The molecule has 1 heterocycles. The number of ether oxygens (including phenoxy) is 1. The summed E-state index contributed by atoms with van der Waals surface area (Å²) >= 11 is 0. The highest BCUT2D eigenvalue weighted by molar-refractivity contribution is 5.78. The summed E-state index contributed by atoms with van der Waals surface area (Å²) < 4.78 is 5.10. The van der Waals surface area contributed by atoms with E-state index in [0.29, 0.717) is 25.9 Å². The molecule has 0 radical (unpaired) electrons. The molecule has 21 heavy (non-hydrogen) atoms. The Hall–Kier alpha value is -2.04. The van der Waals surface area contributed by atoms with Crippen LogP contribution in [-0.4, -0.2) is 42.1 Å². The molecule has 0 aromatic heterocycles. The van der Waals surface area contributed by atoms with Crippen molar-refractivity contribution >= 4 is 11.9 Å². The number of amides is 1. The molecule has 1 atom stereocenters. The lowest BCUT2D eigenvalue weighted by molar-refractivity contribution is -0.141. The number of nitrogens with zero attached hydrogens (tertiary/aromatic N) is 1. The third kappa shape index (κ3) is 4.21. The fraction of sp³-hybridized carbons (Fsp3) is 0.500. The van der Waals surface area contributed by atoms with E-state index in [1.54, 1.807) is 12.0 Å². The molecule has 0 unspecified atom stereocenters. The number of carboxylic acids is 1. The Morgan fingerprint density at radius 3 is 2.62 bits per heavy atom. The zero-order valence-electron chi connectivity index (χ0n) is 12.2. The Labute approximate surface area is 124 Å². The van der Waals surface area contributed by atoms with Crippen molar-refractivity contribution in [1.29, 1.82) is 0 Å². The summed E-state index contributed by atoms with van der Waals surface area (Å²) in [5.41, 5.74) is 1.17. The number of aryl methyl sites for hydroxylation is 1. The Balaban J connectivity index is 1.73. The van der Waals surface area contributed by atoms with E-state index in [2.05, 4.69) is 0 Å². The zero-order chi connectivity index (χ0) is 15.2. The van der Waals surface area contributed by atoms with Crippen LogP contribution in [0, 0.1) is 5.92 Å². The number of hydrogen-bond donors (Lipinski definition) is 1. The van der Waals surface area contributed by atoms with E-state index in [-0.39, 0.29) is 5.91 Å². The minimum Gasteiger partial charge on any atom is -0.497 e. The largest absolute Gasteiger partial charge is 0.497 e. The van der Waals surface area contributed by atoms with E-state index < -0.39 is 11.9 Å². The molecule has 1 aliphatic rings. The van der Waals surface area contributed by atoms with Crippen LogP contribution in [0.4, 0.5) is 0 Å². The number of rotatable bonds is 6. The van der Waals surface area contributed by atoms with Gasteiger partial charge in [0.1, 0.15) is 5.75 Å². The van der Waals surface area contributed by atoms with Gasteiger partial charge in [0.15, 0.2) is 0 Å². The molecule has 5 heteroatoms. The highest BCUT2D eigenvalue weighted by atomic mass is 16.5. The predicted octanol–water partition coefficient (Wildman–Crippen LogP) is 1.95. The summed E-state index contributed by atoms with van der Waals surface area (Å²) in [5, 5.41) is 8.93. The van der Waals surface area contributed by atoms with Crippen molar-refractivity contribution in [3.63, 3.8) is 0 Å². The Bertz CT molecular complexity index is 498. The highest BCUT2D eigenvalue weighted by Gasteiger charge is 2.30. The molecule has 5 nitrogen and oxygen atoms in total. The van der Waals surface area contributed by atoms with Crippen LogP contribution >= 0.6 is 0 Å². The van der Waals surface area contributed by atoms with Crippen LogP contribution in [0.25, 0.3) is 0 Å². The molecule has 0 bridgehead atoms. The monoisotopic (exact) mass is 291 g/mol. The number of aliphatic carboxylic acids is 1. The number of likely N-dealkylation sites (tertiary alicyclic amines) is 1. The fourth-order valence-corrected chi connectivity index (χ4v) is 2.58. The van der Waals surface area contributed by atoms with Crippen molar-refractivity contribution in [2.45, 2.75) is 25.7 Å². The van der Waals surface area contributed by atoms with Gasteiger partial charge in [0.2, 0.25) is 5.91 Å². The molecule has 1 amide bonds. The molecule has 0 spiro atoms. The maximum absolute atomic E-state index is 12.0. The second kappa shape index (κ2) is 7.11. The summed E-state index contributed by atoms with van der Waals surface area (Å²) in [6.45, 7) is 0.926. The average Bonchev–Trinajstić information content (AvgIpc) is 2.98. The van der Waals surface area contributed by atoms with E-state index in [1.807, 2.05) is 24.3 Å². The van der Waals surface area contributed by atoms with Gasteiger partial charge in [0.05, 0.1) is 13.0 Å². The van der Waals surface area contributed by atoms with E-state index in [0.717, 1.165) is 18.6 Å². The maximum Gasteiger partial charge on any atom is 0.308 e. The minimum atomic E-state index is -0.802. The third-order valence-electron chi connectivity index (χ3n) is 3.91. The molecule has 1 fully saturated rings. The third-order valence-corrected chi connectivity index (χ3v) is 3.91. The fourth-order valence-electron chi connectivity index (χ4n) is 2.58. The maximum atomic E-state index is 12.0. The van der Waals surface area contributed by atoms with Gasteiger partial charge >= 0.3 is 5.97 Å². The van der Waals surface area contributed by atoms with Crippen LogP contribution < -0.4 is 4.74 Å². The van der Waals surface area contributed by atoms with Crippen LogP contribution in [-0.2, 0) is 16.0 Å². The van der Waals surface area contributed by atoms with Gasteiger partial charge < -0.3 is 14.7 Å². The van der Waals surface area contributed by atoms with Crippen LogP contribution in [0.2, 0.25) is 0 Å². The number of carbonyl (C=O) groups is 2. The van der Waals surface area contributed by atoms with Crippen molar-refractivity contribution in [2.24, 2.45) is 5.92 Å². The number of hydrogen-bond acceptors (Lipinski definition) is 3. The summed E-state index contributed by atoms with van der Waals surface area (Å²) in [5.74, 6) is -0.307. The number of methoxy groups -OCH3 is 1. The molecule has 0 saturated carbocycles. The minimum absolute atomic E-state index is 0.0623. The van der Waals surface area contributed by atoms with E-state index in [9.17, 15) is 9.59 Å². The molecular weight excluding hydrogens is 270 g/mol. The van der Waals surface area contributed by atoms with Crippen LogP contribution in [0.3, 0.4) is 0 Å². The first kappa shape index (κ1) is 15.4.